The summed E-state index contributed by atoms with van der Waals surface area (Å²) in [6.45, 7) is 0.351. The summed E-state index contributed by atoms with van der Waals surface area (Å²) in [5.41, 5.74) is -2.35. The Labute approximate surface area is 192 Å². The van der Waals surface area contributed by atoms with Crippen LogP contribution in [0.15, 0.2) is 30.5 Å². The van der Waals surface area contributed by atoms with E-state index in [1.807, 2.05) is 0 Å². The number of ketones is 1. The molecule has 33 heavy (non-hydrogen) atoms. The quantitative estimate of drug-likeness (QED) is 0.478. The normalized spacial score (nSPS) is 37.1. The van der Waals surface area contributed by atoms with Gasteiger partial charge in [0.2, 0.25) is 5.91 Å². The number of aliphatic hydroxyl groups is 1. The molecule has 2 fully saturated rings. The van der Waals surface area contributed by atoms with E-state index in [0.29, 0.717) is 0 Å². The third kappa shape index (κ3) is 4.90. The van der Waals surface area contributed by atoms with Crippen molar-refractivity contribution in [2.24, 2.45) is 0 Å². The van der Waals surface area contributed by atoms with E-state index < -0.39 is 68.6 Å². The predicted molar refractivity (Wildman–Crippen MR) is 109 cm³/mol. The van der Waals surface area contributed by atoms with Gasteiger partial charge in [-0.2, -0.15) is 0 Å². The van der Waals surface area contributed by atoms with Crippen LogP contribution in [0, 0.1) is 5.82 Å². The van der Waals surface area contributed by atoms with Gasteiger partial charge < -0.3 is 9.84 Å². The van der Waals surface area contributed by atoms with Gasteiger partial charge in [-0.05, 0) is 31.2 Å². The van der Waals surface area contributed by atoms with Gasteiger partial charge in [0, 0.05) is 23.2 Å². The molecule has 3 heterocycles. The Hall–Kier alpha value is -1.72. The van der Waals surface area contributed by atoms with Crippen LogP contribution >= 0.6 is 19.4 Å². The van der Waals surface area contributed by atoms with Crippen LogP contribution in [0.4, 0.5) is 8.78 Å². The highest BCUT2D eigenvalue weighted by molar-refractivity contribution is 7.48. The molecule has 180 valence electrons. The number of benzene rings is 1. The number of aliphatic hydroxyl groups excluding tert-OH is 1. The first-order chi connectivity index (χ1) is 15.5. The van der Waals surface area contributed by atoms with Gasteiger partial charge in [-0.25, -0.2) is 13.3 Å². The molecule has 1 aromatic carbocycles. The number of halogens is 3. The molecule has 0 saturated carbocycles. The summed E-state index contributed by atoms with van der Waals surface area (Å²) in [5, 5.41) is 10.7. The summed E-state index contributed by atoms with van der Waals surface area (Å²) >= 11 is 5.91. The van der Waals surface area contributed by atoms with Crippen molar-refractivity contribution < 1.29 is 46.3 Å². The van der Waals surface area contributed by atoms with Gasteiger partial charge in [-0.3, -0.25) is 28.1 Å². The second kappa shape index (κ2) is 9.14. The van der Waals surface area contributed by atoms with Crippen LogP contribution in [-0.4, -0.2) is 59.0 Å². The minimum absolute atomic E-state index is 0.0769. The first kappa shape index (κ1) is 24.4. The maximum Gasteiger partial charge on any atom is 0.475 e. The second-order valence-electron chi connectivity index (χ2n) is 8.01. The number of rotatable bonds is 5. The van der Waals surface area contributed by atoms with Crippen LogP contribution in [0.2, 0.25) is 5.02 Å². The Morgan fingerprint density at radius 2 is 2.15 bits per heavy atom. The number of phosphoric acid groups is 1. The fourth-order valence-corrected chi connectivity index (χ4v) is 5.39. The van der Waals surface area contributed by atoms with Gasteiger partial charge in [-0.1, -0.05) is 11.6 Å². The lowest BCUT2D eigenvalue weighted by atomic mass is 9.97. The van der Waals surface area contributed by atoms with Crippen molar-refractivity contribution >= 4 is 31.1 Å². The first-order valence-corrected chi connectivity index (χ1v) is 11.9. The molecule has 1 N–H and O–H groups in total. The predicted octanol–water partition coefficient (Wildman–Crippen LogP) is 3.21. The lowest BCUT2D eigenvalue weighted by Crippen LogP contribution is -2.51. The summed E-state index contributed by atoms with van der Waals surface area (Å²) in [6.07, 6.45) is -3.70. The number of alkyl halides is 1. The number of ether oxygens (including phenoxy) is 1. The van der Waals surface area contributed by atoms with Crippen molar-refractivity contribution in [3.63, 3.8) is 0 Å². The summed E-state index contributed by atoms with van der Waals surface area (Å²) in [7, 11) is -4.23. The largest absolute Gasteiger partial charge is 0.475 e. The highest BCUT2D eigenvalue weighted by Gasteiger charge is 2.57. The number of nitrogens with zero attached hydrogens (tertiary/aromatic N) is 1. The van der Waals surface area contributed by atoms with Crippen molar-refractivity contribution in [3.05, 3.63) is 46.9 Å². The third-order valence-corrected chi connectivity index (χ3v) is 7.30. The third-order valence-electron chi connectivity index (χ3n) is 5.59. The fraction of sp³-hybridized carbons (Fsp3) is 0.500. The zero-order valence-electron chi connectivity index (χ0n) is 17.4. The fourth-order valence-electron chi connectivity index (χ4n) is 3.82. The van der Waals surface area contributed by atoms with Crippen LogP contribution < -0.4 is 0 Å². The molecule has 2 saturated heterocycles. The number of allylic oxidation sites excluding steroid dienone is 1. The number of carbonyl (C=O) groups is 2. The van der Waals surface area contributed by atoms with Crippen LogP contribution in [0.25, 0.3) is 0 Å². The summed E-state index contributed by atoms with van der Waals surface area (Å²) in [6, 6.07) is 3.85. The maximum absolute atomic E-state index is 15.3. The Morgan fingerprint density at radius 3 is 2.88 bits per heavy atom. The van der Waals surface area contributed by atoms with E-state index in [4.69, 9.17) is 29.9 Å². The van der Waals surface area contributed by atoms with Crippen molar-refractivity contribution in [1.29, 1.82) is 0 Å². The summed E-state index contributed by atoms with van der Waals surface area (Å²) in [4.78, 5) is 24.4. The van der Waals surface area contributed by atoms with Crippen molar-refractivity contribution in [2.45, 2.75) is 50.0 Å². The summed E-state index contributed by atoms with van der Waals surface area (Å²) in [5.74, 6) is -1.74. The van der Waals surface area contributed by atoms with E-state index in [2.05, 4.69) is 0 Å². The van der Waals surface area contributed by atoms with E-state index in [1.54, 1.807) is 0 Å². The number of carbonyl (C=O) groups excluding carboxylic acids is 2. The highest BCUT2D eigenvalue weighted by Crippen LogP contribution is 2.57. The smallest absolute Gasteiger partial charge is 0.387 e. The second-order valence-corrected chi connectivity index (χ2v) is 10.1. The minimum atomic E-state index is -4.23. The van der Waals surface area contributed by atoms with Gasteiger partial charge in [0.05, 0.1) is 25.7 Å². The van der Waals surface area contributed by atoms with E-state index in [1.165, 1.54) is 12.1 Å². The zero-order valence-corrected chi connectivity index (χ0v) is 19.0. The molecule has 6 atom stereocenters. The molecule has 1 amide bonds. The lowest BCUT2D eigenvalue weighted by Gasteiger charge is -2.32. The van der Waals surface area contributed by atoms with Crippen LogP contribution in [-0.2, 0) is 32.5 Å². The van der Waals surface area contributed by atoms with E-state index in [-0.39, 0.29) is 23.6 Å². The average molecular weight is 508 g/mol. The number of amides is 1. The number of hydrogen-bond acceptors (Lipinski definition) is 8. The molecule has 0 aliphatic carbocycles. The molecule has 13 heteroatoms. The molecular formula is C20H21ClF2NO8P. The monoisotopic (exact) mass is 507 g/mol. The number of phosphoric ester groups is 1. The van der Waals surface area contributed by atoms with Gasteiger partial charge in [-0.15, -0.1) is 0 Å². The van der Waals surface area contributed by atoms with Crippen LogP contribution in [0.3, 0.4) is 0 Å². The van der Waals surface area contributed by atoms with Gasteiger partial charge >= 0.3 is 7.82 Å². The molecule has 0 unspecified atom stereocenters. The molecule has 3 aliphatic rings. The molecule has 1 aromatic rings. The average Bonchev–Trinajstić information content (AvgIpc) is 2.97. The zero-order chi connectivity index (χ0) is 24.0. The Kier molecular flexibility index (Phi) is 6.76. The molecule has 0 spiro atoms. The van der Waals surface area contributed by atoms with Crippen LogP contribution in [0.1, 0.15) is 31.4 Å². The van der Waals surface area contributed by atoms with Crippen molar-refractivity contribution in [2.75, 3.05) is 13.2 Å². The molecule has 0 aromatic heterocycles. The van der Waals surface area contributed by atoms with Crippen molar-refractivity contribution in [1.82, 2.24) is 4.90 Å². The van der Waals surface area contributed by atoms with Gasteiger partial charge in [0.1, 0.15) is 18.0 Å². The van der Waals surface area contributed by atoms with Gasteiger partial charge in [0.25, 0.3) is 0 Å². The topological polar surface area (TPSA) is 112 Å². The molecule has 0 radical (unpaired) electrons. The molecule has 9 nitrogen and oxygen atoms in total. The number of hydrogen-bond donors (Lipinski definition) is 1. The minimum Gasteiger partial charge on any atom is -0.387 e. The SMILES string of the molecule is C[C@@]1(F)[C@H](O)[C@@H](CO[P@@]2(=O)OCC[C@@H](c3cc(Cl)ccc3F)O2)O[C@H]1N1C=CC(=O)CC1=O. The Bertz CT molecular complexity index is 1040. The maximum atomic E-state index is 15.3. The molecule has 3 aliphatic heterocycles. The first-order valence-electron chi connectivity index (χ1n) is 10.1. The molecular weight excluding hydrogens is 487 g/mol. The van der Waals surface area contributed by atoms with E-state index >= 15 is 4.39 Å². The van der Waals surface area contributed by atoms with Gasteiger partial charge in [0.15, 0.2) is 17.7 Å². The van der Waals surface area contributed by atoms with Crippen LogP contribution in [0.5, 0.6) is 0 Å². The molecule has 0 bridgehead atoms. The standard InChI is InChI=1S/C20H21ClF2NO8P/c1-20(23)18(27)16(31-19(20)24-6-4-12(25)9-17(24)26)10-30-33(28)29-7-5-15(32-33)13-8-11(21)2-3-14(13)22/h2-4,6,8,15-16,18-19,27H,5,7,9-10H2,1H3/t15-,16+,18+,19+,20+,33+/m0/s1. The summed E-state index contributed by atoms with van der Waals surface area (Å²) < 4.78 is 63.6. The van der Waals surface area contributed by atoms with E-state index in [0.717, 1.165) is 30.2 Å². The van der Waals surface area contributed by atoms with Crippen molar-refractivity contribution in [3.8, 4) is 0 Å². The van der Waals surface area contributed by atoms with E-state index in [9.17, 15) is 23.7 Å². The lowest BCUT2D eigenvalue weighted by molar-refractivity contribution is -0.151. The Morgan fingerprint density at radius 1 is 1.39 bits per heavy atom. The Balaban J connectivity index is 1.44. The molecule has 4 rings (SSSR count). The highest BCUT2D eigenvalue weighted by atomic mass is 35.5.